The number of pyridine rings is 2. The van der Waals surface area contributed by atoms with Gasteiger partial charge in [0.2, 0.25) is 0 Å². The van der Waals surface area contributed by atoms with Gasteiger partial charge in [0.15, 0.2) is 0 Å². The summed E-state index contributed by atoms with van der Waals surface area (Å²) in [6, 6.07) is 20.7. The molecule has 7 nitrogen and oxygen atoms in total. The Bertz CT molecular complexity index is 1500. The van der Waals surface area contributed by atoms with Crippen LogP contribution in [0.4, 0.5) is 19.0 Å². The molecular weight excluding hydrogens is 473 g/mol. The van der Waals surface area contributed by atoms with E-state index in [1.807, 2.05) is 47.3 Å². The number of imidazole rings is 1. The van der Waals surface area contributed by atoms with Crippen LogP contribution in [0, 0.1) is 0 Å². The van der Waals surface area contributed by atoms with Crippen molar-refractivity contribution in [1.29, 1.82) is 0 Å². The molecule has 0 amide bonds. The number of aromatic nitrogens is 3. The Morgan fingerprint density at radius 3 is 2.42 bits per heavy atom. The van der Waals surface area contributed by atoms with Crippen LogP contribution in [0.2, 0.25) is 0 Å². The Morgan fingerprint density at radius 2 is 1.72 bits per heavy atom. The Labute approximate surface area is 203 Å². The van der Waals surface area contributed by atoms with Gasteiger partial charge in [0.1, 0.15) is 17.2 Å². The first-order valence-corrected chi connectivity index (χ1v) is 10.7. The third kappa shape index (κ3) is 5.72. The first-order chi connectivity index (χ1) is 17.2. The van der Waals surface area contributed by atoms with Gasteiger partial charge in [0, 0.05) is 36.7 Å². The molecule has 3 aromatic heterocycles. The molecule has 0 atom stereocenters. The van der Waals surface area contributed by atoms with Crippen LogP contribution in [0.15, 0.2) is 85.5 Å². The van der Waals surface area contributed by atoms with Gasteiger partial charge in [-0.2, -0.15) is 13.2 Å². The minimum Gasteiger partial charge on any atom is -0.497 e. The number of carboxylic acid groups (broad SMARTS) is 1. The number of anilines is 1. The third-order valence-corrected chi connectivity index (χ3v) is 5.35. The van der Waals surface area contributed by atoms with Crippen LogP contribution in [0.3, 0.4) is 0 Å². The SMILES string of the molecule is COc1ccc(CNc2nccc3ccc(-c4ccc5nccn5c4)cc23)cc1.O=C(O)C(F)(F)F. The number of carboxylic acids is 1. The van der Waals surface area contributed by atoms with Crippen molar-refractivity contribution < 1.29 is 27.8 Å². The van der Waals surface area contributed by atoms with Crippen molar-refractivity contribution in [2.45, 2.75) is 12.7 Å². The molecule has 2 N–H and O–H groups in total. The first kappa shape index (κ1) is 24.5. The van der Waals surface area contributed by atoms with E-state index in [4.69, 9.17) is 14.6 Å². The molecule has 184 valence electrons. The normalized spacial score (nSPS) is 11.1. The highest BCUT2D eigenvalue weighted by Gasteiger charge is 2.38. The van der Waals surface area contributed by atoms with E-state index in [9.17, 15) is 13.2 Å². The average molecular weight is 494 g/mol. The summed E-state index contributed by atoms with van der Waals surface area (Å²) < 4.78 is 39.0. The van der Waals surface area contributed by atoms with Crippen LogP contribution in [0.5, 0.6) is 5.75 Å². The number of halogens is 3. The summed E-state index contributed by atoms with van der Waals surface area (Å²) in [5, 5.41) is 12.9. The van der Waals surface area contributed by atoms with Gasteiger partial charge in [-0.1, -0.05) is 24.3 Å². The molecule has 10 heteroatoms. The van der Waals surface area contributed by atoms with Crippen molar-refractivity contribution in [3.63, 3.8) is 0 Å². The Hall–Kier alpha value is -4.60. The monoisotopic (exact) mass is 494 g/mol. The zero-order chi connectivity index (χ0) is 25.7. The molecule has 0 bridgehead atoms. The van der Waals surface area contributed by atoms with Crippen molar-refractivity contribution in [1.82, 2.24) is 14.4 Å². The van der Waals surface area contributed by atoms with Gasteiger partial charge in [-0.05, 0) is 58.5 Å². The zero-order valence-electron chi connectivity index (χ0n) is 19.0. The average Bonchev–Trinajstić information content (AvgIpc) is 3.35. The Morgan fingerprint density at radius 1 is 1.00 bits per heavy atom. The van der Waals surface area contributed by atoms with E-state index in [0.29, 0.717) is 6.54 Å². The maximum Gasteiger partial charge on any atom is 0.490 e. The molecule has 0 spiro atoms. The summed E-state index contributed by atoms with van der Waals surface area (Å²) in [7, 11) is 1.68. The zero-order valence-corrected chi connectivity index (χ0v) is 19.0. The highest BCUT2D eigenvalue weighted by Crippen LogP contribution is 2.28. The van der Waals surface area contributed by atoms with Crippen molar-refractivity contribution >= 4 is 28.2 Å². The fraction of sp³-hybridized carbons (Fsp3) is 0.115. The van der Waals surface area contributed by atoms with E-state index < -0.39 is 12.1 Å². The number of carbonyl (C=O) groups is 1. The molecule has 2 aromatic carbocycles. The predicted octanol–water partition coefficient (Wildman–Crippen LogP) is 5.80. The molecule has 0 aliphatic carbocycles. The van der Waals surface area contributed by atoms with Gasteiger partial charge in [-0.15, -0.1) is 0 Å². The predicted molar refractivity (Wildman–Crippen MR) is 130 cm³/mol. The van der Waals surface area contributed by atoms with Gasteiger partial charge in [0.05, 0.1) is 7.11 Å². The number of nitrogens with one attached hydrogen (secondary N) is 1. The van der Waals surface area contributed by atoms with E-state index in [0.717, 1.165) is 39.1 Å². The Balaban J connectivity index is 0.000000384. The lowest BCUT2D eigenvalue weighted by Gasteiger charge is -2.11. The number of hydrogen-bond donors (Lipinski definition) is 2. The minimum atomic E-state index is -5.08. The van der Waals surface area contributed by atoms with E-state index in [2.05, 4.69) is 57.9 Å². The van der Waals surface area contributed by atoms with Gasteiger partial charge in [0.25, 0.3) is 0 Å². The smallest absolute Gasteiger partial charge is 0.490 e. The minimum absolute atomic E-state index is 0.696. The molecule has 36 heavy (non-hydrogen) atoms. The lowest BCUT2D eigenvalue weighted by molar-refractivity contribution is -0.192. The molecule has 5 aromatic rings. The number of methoxy groups -OCH3 is 1. The molecule has 3 heterocycles. The van der Waals surface area contributed by atoms with E-state index in [1.165, 1.54) is 5.56 Å². The highest BCUT2D eigenvalue weighted by atomic mass is 19.4. The first-order valence-electron chi connectivity index (χ1n) is 10.7. The van der Waals surface area contributed by atoms with Gasteiger partial charge >= 0.3 is 12.1 Å². The standard InChI is InChI=1S/C24H20N4O.C2HF3O2/c1-29-21-7-2-17(3-8-21)15-27-24-22-14-19(5-4-18(22)10-11-26-24)20-6-9-23-25-12-13-28(23)16-20;3-2(4,5)1(6)7/h2-14,16H,15H2,1H3,(H,26,27);(H,6,7). The van der Waals surface area contributed by atoms with E-state index >= 15 is 0 Å². The number of benzene rings is 2. The van der Waals surface area contributed by atoms with Crippen LogP contribution >= 0.6 is 0 Å². The van der Waals surface area contributed by atoms with Crippen LogP contribution in [-0.2, 0) is 11.3 Å². The second-order valence-corrected chi connectivity index (χ2v) is 7.71. The number of aliphatic carboxylic acids is 1. The van der Waals surface area contributed by atoms with E-state index in [-0.39, 0.29) is 0 Å². The summed E-state index contributed by atoms with van der Waals surface area (Å²) in [4.78, 5) is 17.8. The summed E-state index contributed by atoms with van der Waals surface area (Å²) in [5.74, 6) is -1.02. The molecule has 0 fully saturated rings. The number of hydrogen-bond acceptors (Lipinski definition) is 5. The number of fused-ring (bicyclic) bond motifs is 2. The van der Waals surface area contributed by atoms with Crippen LogP contribution < -0.4 is 10.1 Å². The number of alkyl halides is 3. The third-order valence-electron chi connectivity index (χ3n) is 5.35. The lowest BCUT2D eigenvalue weighted by Crippen LogP contribution is -2.21. The van der Waals surface area contributed by atoms with Crippen molar-refractivity contribution in [2.24, 2.45) is 0 Å². The number of rotatable bonds is 5. The van der Waals surface area contributed by atoms with Crippen LogP contribution in [0.1, 0.15) is 5.56 Å². The summed E-state index contributed by atoms with van der Waals surface area (Å²) >= 11 is 0. The second kappa shape index (κ2) is 10.3. The van der Waals surface area contributed by atoms with Gasteiger partial charge < -0.3 is 19.6 Å². The Kier molecular flexibility index (Phi) is 7.05. The quantitative estimate of drug-likeness (QED) is 0.321. The molecular formula is C26H21F3N4O3. The topological polar surface area (TPSA) is 88.8 Å². The number of nitrogens with zero attached hydrogens (tertiary/aromatic N) is 3. The highest BCUT2D eigenvalue weighted by molar-refractivity contribution is 5.95. The molecule has 0 aliphatic heterocycles. The van der Waals surface area contributed by atoms with Crippen molar-refractivity contribution in [2.75, 3.05) is 12.4 Å². The van der Waals surface area contributed by atoms with E-state index in [1.54, 1.807) is 7.11 Å². The second-order valence-electron chi connectivity index (χ2n) is 7.71. The molecule has 0 saturated carbocycles. The number of ether oxygens (including phenoxy) is 1. The maximum absolute atomic E-state index is 10.6. The fourth-order valence-corrected chi connectivity index (χ4v) is 3.51. The summed E-state index contributed by atoms with van der Waals surface area (Å²) in [6.07, 6.45) is 2.63. The van der Waals surface area contributed by atoms with Gasteiger partial charge in [-0.3, -0.25) is 0 Å². The molecule has 0 unspecified atom stereocenters. The largest absolute Gasteiger partial charge is 0.497 e. The molecule has 0 radical (unpaired) electrons. The van der Waals surface area contributed by atoms with Crippen LogP contribution in [-0.4, -0.2) is 38.7 Å². The summed E-state index contributed by atoms with van der Waals surface area (Å²) in [6.45, 7) is 0.696. The maximum atomic E-state index is 10.6. The summed E-state index contributed by atoms with van der Waals surface area (Å²) in [5.41, 5.74) is 4.40. The lowest BCUT2D eigenvalue weighted by atomic mass is 10.0. The van der Waals surface area contributed by atoms with Gasteiger partial charge in [-0.25, -0.2) is 14.8 Å². The molecule has 5 rings (SSSR count). The fourth-order valence-electron chi connectivity index (χ4n) is 3.51. The van der Waals surface area contributed by atoms with Crippen LogP contribution in [0.25, 0.3) is 27.5 Å². The molecule has 0 saturated heterocycles. The molecule has 0 aliphatic rings. The van der Waals surface area contributed by atoms with Crippen molar-refractivity contribution in [3.8, 4) is 16.9 Å². The van der Waals surface area contributed by atoms with Crippen molar-refractivity contribution in [3.05, 3.63) is 91.0 Å².